The number of aromatic amines is 2. The number of alkyl halides is 3. The number of fused-ring (bicyclic) bond motifs is 1. The van der Waals surface area contributed by atoms with Crippen LogP contribution in [-0.2, 0) is 24.5 Å². The highest BCUT2D eigenvalue weighted by molar-refractivity contribution is 7.87. The number of rotatable bonds is 11. The Hall–Kier alpha value is -3.29. The van der Waals surface area contributed by atoms with Gasteiger partial charge in [-0.25, -0.2) is 14.8 Å². The number of unbranched alkanes of at least 4 members (excludes halogenated alkanes) is 2. The molecule has 3 N–H and O–H groups in total. The first-order valence-corrected chi connectivity index (χ1v) is 12.9. The molecule has 0 amide bonds. The monoisotopic (exact) mass is 541 g/mol. The van der Waals surface area contributed by atoms with Crippen LogP contribution < -0.4 is 9.71 Å². The van der Waals surface area contributed by atoms with E-state index in [-0.39, 0.29) is 12.8 Å². The molecule has 37 heavy (non-hydrogen) atoms. The van der Waals surface area contributed by atoms with Crippen LogP contribution in [0.1, 0.15) is 44.0 Å². The van der Waals surface area contributed by atoms with E-state index in [0.29, 0.717) is 25.1 Å². The van der Waals surface area contributed by atoms with Crippen LogP contribution in [0.4, 0.5) is 13.2 Å². The van der Waals surface area contributed by atoms with Gasteiger partial charge in [-0.15, -0.1) is 0 Å². The van der Waals surface area contributed by atoms with Gasteiger partial charge in [-0.05, 0) is 35.7 Å². The van der Waals surface area contributed by atoms with Crippen molar-refractivity contribution in [1.82, 2.24) is 14.0 Å². The highest BCUT2D eigenvalue weighted by atomic mass is 32.2. The fraction of sp³-hybridized carbons (Fsp3) is 0.375. The maximum atomic E-state index is 12.5. The standard InChI is InChI=1S/C24H27F3N4O5S/c1-31(2)37(34,35)30-19(10-4-3-5-11-21(32)36-23(33)24(25,26)27)22-28-15-20(29-22)18-13-12-16-8-6-7-9-17(16)14-18/h6-9,12-15,19,30H,3-5,10-11H2,1-2H3,(H,28,29)/p+1. The molecule has 0 spiro atoms. The zero-order chi connectivity index (χ0) is 27.2. The second-order valence-corrected chi connectivity index (χ2v) is 10.5. The van der Waals surface area contributed by atoms with Crippen molar-refractivity contribution in [3.63, 3.8) is 0 Å². The van der Waals surface area contributed by atoms with Crippen molar-refractivity contribution in [3.8, 4) is 11.3 Å². The third-order valence-electron chi connectivity index (χ3n) is 5.63. The molecule has 0 radical (unpaired) electrons. The molecule has 200 valence electrons. The summed E-state index contributed by atoms with van der Waals surface area (Å²) in [7, 11) is -0.998. The first kappa shape index (κ1) is 28.3. The number of aromatic nitrogens is 2. The summed E-state index contributed by atoms with van der Waals surface area (Å²) < 4.78 is 69.0. The average Bonchev–Trinajstić information content (AvgIpc) is 3.32. The first-order valence-electron chi connectivity index (χ1n) is 11.5. The van der Waals surface area contributed by atoms with E-state index in [9.17, 15) is 31.2 Å². The van der Waals surface area contributed by atoms with Gasteiger partial charge < -0.3 is 4.74 Å². The number of esters is 2. The predicted octanol–water partition coefficient (Wildman–Crippen LogP) is 3.67. The second kappa shape index (κ2) is 11.8. The molecule has 0 aliphatic rings. The zero-order valence-corrected chi connectivity index (χ0v) is 21.1. The highest BCUT2D eigenvalue weighted by Gasteiger charge is 2.42. The third-order valence-corrected chi connectivity index (χ3v) is 7.18. The largest absolute Gasteiger partial charge is 0.491 e. The van der Waals surface area contributed by atoms with E-state index >= 15 is 0 Å². The smallest absolute Gasteiger partial charge is 0.386 e. The number of ether oxygens (including phenoxy) is 1. The first-order chi connectivity index (χ1) is 17.4. The second-order valence-electron chi connectivity index (χ2n) is 8.62. The summed E-state index contributed by atoms with van der Waals surface area (Å²) in [6.07, 6.45) is -2.51. The molecule has 2 aromatic carbocycles. The van der Waals surface area contributed by atoms with E-state index in [4.69, 9.17) is 0 Å². The molecule has 0 saturated heterocycles. The number of hydrogen-bond acceptors (Lipinski definition) is 5. The number of benzene rings is 2. The Labute approximate surface area is 212 Å². The van der Waals surface area contributed by atoms with Crippen LogP contribution in [0.2, 0.25) is 0 Å². The van der Waals surface area contributed by atoms with E-state index in [1.54, 1.807) is 6.20 Å². The number of imidazole rings is 1. The molecule has 0 aliphatic heterocycles. The van der Waals surface area contributed by atoms with Crippen LogP contribution in [0.5, 0.6) is 0 Å². The van der Waals surface area contributed by atoms with Gasteiger partial charge in [0, 0.05) is 26.1 Å². The van der Waals surface area contributed by atoms with Crippen LogP contribution in [0.3, 0.4) is 0 Å². The number of carbonyl (C=O) groups excluding carboxylic acids is 2. The van der Waals surface area contributed by atoms with Gasteiger partial charge >= 0.3 is 18.1 Å². The Morgan fingerprint density at radius 3 is 2.46 bits per heavy atom. The fourth-order valence-electron chi connectivity index (χ4n) is 3.62. The van der Waals surface area contributed by atoms with Crippen molar-refractivity contribution < 1.29 is 40.9 Å². The maximum Gasteiger partial charge on any atom is 0.491 e. The number of carbonyl (C=O) groups is 2. The van der Waals surface area contributed by atoms with Gasteiger partial charge in [0.05, 0.1) is 0 Å². The zero-order valence-electron chi connectivity index (χ0n) is 20.3. The fourth-order valence-corrected chi connectivity index (χ4v) is 4.43. The lowest BCUT2D eigenvalue weighted by Gasteiger charge is -2.17. The summed E-state index contributed by atoms with van der Waals surface area (Å²) in [6, 6.07) is 13.2. The van der Waals surface area contributed by atoms with Gasteiger partial charge in [-0.2, -0.15) is 30.6 Å². The molecule has 0 fully saturated rings. The van der Waals surface area contributed by atoms with Crippen molar-refractivity contribution in [2.75, 3.05) is 14.1 Å². The van der Waals surface area contributed by atoms with E-state index in [1.807, 2.05) is 42.5 Å². The molecule has 0 aliphatic carbocycles. The molecule has 9 nitrogen and oxygen atoms in total. The lowest BCUT2D eigenvalue weighted by molar-refractivity contribution is -0.391. The lowest BCUT2D eigenvalue weighted by atomic mass is 10.1. The Balaban J connectivity index is 1.65. The molecule has 0 saturated carbocycles. The van der Waals surface area contributed by atoms with Crippen molar-refractivity contribution in [2.24, 2.45) is 0 Å². The predicted molar refractivity (Wildman–Crippen MR) is 129 cm³/mol. The Morgan fingerprint density at radius 1 is 1.08 bits per heavy atom. The van der Waals surface area contributed by atoms with E-state index in [1.165, 1.54) is 14.1 Å². The van der Waals surface area contributed by atoms with Crippen LogP contribution >= 0.6 is 0 Å². The lowest BCUT2D eigenvalue weighted by Crippen LogP contribution is -2.39. The summed E-state index contributed by atoms with van der Waals surface area (Å²) in [4.78, 5) is 28.5. The molecule has 1 atom stereocenters. The highest BCUT2D eigenvalue weighted by Crippen LogP contribution is 2.25. The van der Waals surface area contributed by atoms with Gasteiger partial charge in [0.2, 0.25) is 0 Å². The van der Waals surface area contributed by atoms with E-state index in [0.717, 1.165) is 26.3 Å². The van der Waals surface area contributed by atoms with Crippen molar-refractivity contribution in [3.05, 3.63) is 54.5 Å². The number of halogens is 3. The molecule has 3 rings (SSSR count). The van der Waals surface area contributed by atoms with E-state index < -0.39 is 34.4 Å². The van der Waals surface area contributed by atoms with Crippen molar-refractivity contribution in [1.29, 1.82) is 0 Å². The van der Waals surface area contributed by atoms with Crippen LogP contribution in [-0.4, -0.2) is 49.9 Å². The molecule has 1 aromatic heterocycles. The minimum Gasteiger partial charge on any atom is -0.386 e. The summed E-state index contributed by atoms with van der Waals surface area (Å²) in [5.74, 6) is -3.28. The maximum absolute atomic E-state index is 12.5. The summed E-state index contributed by atoms with van der Waals surface area (Å²) in [5, 5.41) is 2.14. The third kappa shape index (κ3) is 7.84. The minimum absolute atomic E-state index is 0.175. The molecule has 1 unspecified atom stereocenters. The minimum atomic E-state index is -5.23. The Bertz CT molecular complexity index is 1360. The molecule has 1 heterocycles. The van der Waals surface area contributed by atoms with Crippen LogP contribution in [0.15, 0.2) is 48.7 Å². The molecular formula is C24H28F3N4O5S+. The van der Waals surface area contributed by atoms with Gasteiger partial charge in [-0.3, -0.25) is 4.79 Å². The van der Waals surface area contributed by atoms with Gasteiger partial charge in [0.1, 0.15) is 12.2 Å². The van der Waals surface area contributed by atoms with Crippen LogP contribution in [0.25, 0.3) is 22.0 Å². The number of hydrogen-bond donors (Lipinski definition) is 2. The van der Waals surface area contributed by atoms with Gasteiger partial charge in [-0.1, -0.05) is 43.2 Å². The number of H-pyrrole nitrogens is 2. The Morgan fingerprint density at radius 2 is 1.78 bits per heavy atom. The van der Waals surface area contributed by atoms with Crippen molar-refractivity contribution >= 4 is 32.9 Å². The normalized spacial score (nSPS) is 13.1. The van der Waals surface area contributed by atoms with E-state index in [2.05, 4.69) is 19.4 Å². The molecule has 13 heteroatoms. The summed E-state index contributed by atoms with van der Waals surface area (Å²) in [6.45, 7) is 0. The average molecular weight is 542 g/mol. The topological polar surface area (TPSA) is 123 Å². The van der Waals surface area contributed by atoms with Gasteiger partial charge in [0.15, 0.2) is 5.69 Å². The number of nitrogens with one attached hydrogen (secondary N) is 3. The quantitative estimate of drug-likeness (QED) is 0.218. The molecule has 3 aromatic rings. The number of nitrogens with zero attached hydrogens (tertiary/aromatic N) is 1. The Kier molecular flexibility index (Phi) is 9.05. The summed E-state index contributed by atoms with van der Waals surface area (Å²) in [5.41, 5.74) is 1.66. The molecular weight excluding hydrogens is 513 g/mol. The van der Waals surface area contributed by atoms with Crippen molar-refractivity contribution in [2.45, 2.75) is 44.3 Å². The van der Waals surface area contributed by atoms with Gasteiger partial charge in [0.25, 0.3) is 16.0 Å². The molecule has 0 bridgehead atoms. The SMILES string of the molecule is CN(C)S(=O)(=O)NC(CCCCCC(=O)OC(=O)C(F)(F)F)c1[nH]c(-c2ccc3ccccc3c2)c[nH+]1. The summed E-state index contributed by atoms with van der Waals surface area (Å²) >= 11 is 0. The van der Waals surface area contributed by atoms with Crippen LogP contribution in [0, 0.1) is 0 Å².